The number of methoxy groups -OCH3 is 1. The number of aromatic nitrogens is 2. The lowest BCUT2D eigenvalue weighted by molar-refractivity contribution is 0.161. The molecule has 20 heavy (non-hydrogen) atoms. The van der Waals surface area contributed by atoms with Crippen LogP contribution in [-0.4, -0.2) is 66.4 Å². The lowest BCUT2D eigenvalue weighted by Crippen LogP contribution is -2.44. The highest BCUT2D eigenvalue weighted by Crippen LogP contribution is 2.21. The van der Waals surface area contributed by atoms with Crippen LogP contribution in [0.3, 0.4) is 0 Å². The smallest absolute Gasteiger partial charge is 0.255 e. The number of hydrogen-bond acceptors (Lipinski definition) is 6. The second-order valence-corrected chi connectivity index (χ2v) is 4.95. The van der Waals surface area contributed by atoms with E-state index < -0.39 is 5.82 Å². The number of aliphatic hydroxyl groups is 1. The van der Waals surface area contributed by atoms with Crippen LogP contribution in [0.4, 0.5) is 10.3 Å². The molecule has 1 aromatic rings. The largest absolute Gasteiger partial charge is 0.479 e. The van der Waals surface area contributed by atoms with Gasteiger partial charge in [0.2, 0.25) is 11.8 Å². The molecule has 2 rings (SSSR count). The molecule has 1 aromatic heterocycles. The van der Waals surface area contributed by atoms with Crippen molar-refractivity contribution in [3.8, 4) is 5.88 Å². The van der Waals surface area contributed by atoms with E-state index >= 15 is 0 Å². The number of rotatable bonds is 5. The fraction of sp³-hybridized carbons (Fsp3) is 0.692. The van der Waals surface area contributed by atoms with E-state index in [9.17, 15) is 4.39 Å². The van der Waals surface area contributed by atoms with E-state index in [1.54, 1.807) is 0 Å². The second kappa shape index (κ2) is 6.81. The van der Waals surface area contributed by atoms with Gasteiger partial charge in [-0.25, -0.2) is 4.98 Å². The SMILES string of the molecule is COc1nc(N2CCC(N(C)CCO)CC2)ncc1F. The summed E-state index contributed by atoms with van der Waals surface area (Å²) < 4.78 is 18.2. The molecule has 0 aromatic carbocycles. The Bertz CT molecular complexity index is 438. The van der Waals surface area contributed by atoms with Gasteiger partial charge in [-0.3, -0.25) is 0 Å². The van der Waals surface area contributed by atoms with Crippen LogP contribution in [0.25, 0.3) is 0 Å². The second-order valence-electron chi connectivity index (χ2n) is 4.95. The van der Waals surface area contributed by atoms with Gasteiger partial charge in [0.05, 0.1) is 19.9 Å². The maximum Gasteiger partial charge on any atom is 0.255 e. The number of anilines is 1. The van der Waals surface area contributed by atoms with Gasteiger partial charge < -0.3 is 19.6 Å². The van der Waals surface area contributed by atoms with Crippen molar-refractivity contribution in [2.45, 2.75) is 18.9 Å². The highest BCUT2D eigenvalue weighted by Gasteiger charge is 2.24. The Balaban J connectivity index is 1.96. The minimum absolute atomic E-state index is 0.0190. The molecule has 0 atom stereocenters. The monoisotopic (exact) mass is 284 g/mol. The summed E-state index contributed by atoms with van der Waals surface area (Å²) in [5.74, 6) is -0.0603. The Morgan fingerprint density at radius 3 is 2.80 bits per heavy atom. The third-order valence-corrected chi connectivity index (χ3v) is 3.72. The normalized spacial score (nSPS) is 16.8. The predicted molar refractivity (Wildman–Crippen MR) is 73.5 cm³/mol. The summed E-state index contributed by atoms with van der Waals surface area (Å²) in [6.45, 7) is 2.49. The van der Waals surface area contributed by atoms with Crippen molar-refractivity contribution in [3.05, 3.63) is 12.0 Å². The van der Waals surface area contributed by atoms with Crippen LogP contribution >= 0.6 is 0 Å². The Kier molecular flexibility index (Phi) is 5.08. The third kappa shape index (κ3) is 3.34. The van der Waals surface area contributed by atoms with Gasteiger partial charge >= 0.3 is 0 Å². The molecule has 112 valence electrons. The lowest BCUT2D eigenvalue weighted by atomic mass is 10.0. The molecule has 6 nitrogen and oxygen atoms in total. The van der Waals surface area contributed by atoms with E-state index in [-0.39, 0.29) is 12.5 Å². The first-order valence-electron chi connectivity index (χ1n) is 6.78. The molecule has 0 radical (unpaired) electrons. The molecule has 1 aliphatic heterocycles. The topological polar surface area (TPSA) is 61.7 Å². The number of nitrogens with zero attached hydrogens (tertiary/aromatic N) is 4. The fourth-order valence-electron chi connectivity index (χ4n) is 2.49. The summed E-state index contributed by atoms with van der Waals surface area (Å²) in [5.41, 5.74) is 0. The summed E-state index contributed by atoms with van der Waals surface area (Å²) >= 11 is 0. The van der Waals surface area contributed by atoms with Crippen LogP contribution in [0.15, 0.2) is 6.20 Å². The van der Waals surface area contributed by atoms with Gasteiger partial charge in [-0.2, -0.15) is 9.37 Å². The van der Waals surface area contributed by atoms with Crippen LogP contribution in [0.2, 0.25) is 0 Å². The molecule has 1 saturated heterocycles. The van der Waals surface area contributed by atoms with Gasteiger partial charge in [0.15, 0.2) is 0 Å². The Morgan fingerprint density at radius 1 is 1.50 bits per heavy atom. The quantitative estimate of drug-likeness (QED) is 0.850. The zero-order valence-electron chi connectivity index (χ0n) is 11.9. The van der Waals surface area contributed by atoms with E-state index in [1.165, 1.54) is 7.11 Å². The van der Waals surface area contributed by atoms with Crippen LogP contribution in [-0.2, 0) is 0 Å². The molecule has 0 bridgehead atoms. The Hall–Kier alpha value is -1.47. The first kappa shape index (κ1) is 14.9. The van der Waals surface area contributed by atoms with E-state index in [1.807, 2.05) is 11.9 Å². The van der Waals surface area contributed by atoms with Crippen molar-refractivity contribution in [2.24, 2.45) is 0 Å². The van der Waals surface area contributed by atoms with Crippen LogP contribution < -0.4 is 9.64 Å². The molecule has 7 heteroatoms. The van der Waals surface area contributed by atoms with E-state index in [2.05, 4.69) is 14.9 Å². The van der Waals surface area contributed by atoms with Crippen molar-refractivity contribution in [2.75, 3.05) is 45.3 Å². The summed E-state index contributed by atoms with van der Waals surface area (Å²) in [5, 5.41) is 8.96. The number of ether oxygens (including phenoxy) is 1. The summed E-state index contributed by atoms with van der Waals surface area (Å²) in [7, 11) is 3.42. The molecule has 0 spiro atoms. The van der Waals surface area contributed by atoms with Gasteiger partial charge in [0.25, 0.3) is 5.88 Å². The average molecular weight is 284 g/mol. The van der Waals surface area contributed by atoms with Gasteiger partial charge in [-0.15, -0.1) is 0 Å². The van der Waals surface area contributed by atoms with Crippen molar-refractivity contribution in [1.82, 2.24) is 14.9 Å². The van der Waals surface area contributed by atoms with Crippen LogP contribution in [0, 0.1) is 5.82 Å². The van der Waals surface area contributed by atoms with E-state index in [4.69, 9.17) is 9.84 Å². The fourth-order valence-corrected chi connectivity index (χ4v) is 2.49. The zero-order chi connectivity index (χ0) is 14.5. The number of hydrogen-bond donors (Lipinski definition) is 1. The molecule has 1 N–H and O–H groups in total. The van der Waals surface area contributed by atoms with E-state index in [0.29, 0.717) is 18.5 Å². The molecule has 0 saturated carbocycles. The van der Waals surface area contributed by atoms with Crippen molar-refractivity contribution >= 4 is 5.95 Å². The number of likely N-dealkylation sites (N-methyl/N-ethyl adjacent to an activating group) is 1. The molecule has 1 fully saturated rings. The van der Waals surface area contributed by atoms with Crippen molar-refractivity contribution in [1.29, 1.82) is 0 Å². The van der Waals surface area contributed by atoms with Gasteiger partial charge in [-0.05, 0) is 19.9 Å². The lowest BCUT2D eigenvalue weighted by Gasteiger charge is -2.36. The van der Waals surface area contributed by atoms with Crippen LogP contribution in [0.1, 0.15) is 12.8 Å². The van der Waals surface area contributed by atoms with Gasteiger partial charge in [0.1, 0.15) is 0 Å². The molecule has 1 aliphatic rings. The number of halogens is 1. The standard InChI is InChI=1S/C13H21FN4O2/c1-17(7-8-19)10-3-5-18(6-4-10)13-15-9-11(14)12(16-13)20-2/h9-10,19H,3-8H2,1-2H3. The molecule has 0 aliphatic carbocycles. The number of piperidine rings is 1. The zero-order valence-corrected chi connectivity index (χ0v) is 11.9. The van der Waals surface area contributed by atoms with Gasteiger partial charge in [-0.1, -0.05) is 0 Å². The molecular weight excluding hydrogens is 263 g/mol. The highest BCUT2D eigenvalue weighted by molar-refractivity contribution is 5.33. The first-order chi connectivity index (χ1) is 9.65. The molecule has 0 amide bonds. The van der Waals surface area contributed by atoms with Crippen LogP contribution in [0.5, 0.6) is 5.88 Å². The summed E-state index contributed by atoms with van der Waals surface area (Å²) in [6, 6.07) is 0.459. The minimum atomic E-state index is -0.547. The summed E-state index contributed by atoms with van der Waals surface area (Å²) in [6.07, 6.45) is 3.09. The highest BCUT2D eigenvalue weighted by atomic mass is 19.1. The molecular formula is C13H21FN4O2. The maximum atomic E-state index is 13.3. The Morgan fingerprint density at radius 2 is 2.20 bits per heavy atom. The van der Waals surface area contributed by atoms with Crippen molar-refractivity contribution < 1.29 is 14.2 Å². The molecule has 0 unspecified atom stereocenters. The predicted octanol–water partition coefficient (Wildman–Crippen LogP) is 0.517. The minimum Gasteiger partial charge on any atom is -0.479 e. The average Bonchev–Trinajstić information content (AvgIpc) is 2.48. The van der Waals surface area contributed by atoms with Gasteiger partial charge in [0, 0.05) is 25.7 Å². The van der Waals surface area contributed by atoms with E-state index in [0.717, 1.165) is 32.1 Å². The Labute approximate surface area is 118 Å². The molecule has 2 heterocycles. The maximum absolute atomic E-state index is 13.3. The summed E-state index contributed by atoms with van der Waals surface area (Å²) in [4.78, 5) is 12.3. The number of aliphatic hydroxyl groups excluding tert-OH is 1. The third-order valence-electron chi connectivity index (χ3n) is 3.72. The van der Waals surface area contributed by atoms with Crippen molar-refractivity contribution in [3.63, 3.8) is 0 Å². The first-order valence-corrected chi connectivity index (χ1v) is 6.78.